The van der Waals surface area contributed by atoms with E-state index < -0.39 is 0 Å². The summed E-state index contributed by atoms with van der Waals surface area (Å²) in [7, 11) is 0. The molecule has 1 unspecified atom stereocenters. The molecule has 3 nitrogen and oxygen atoms in total. The minimum Gasteiger partial charge on any atom is -0.349 e. The van der Waals surface area contributed by atoms with Crippen molar-refractivity contribution in [1.82, 2.24) is 4.90 Å². The average Bonchev–Trinajstić information content (AvgIpc) is 2.85. The summed E-state index contributed by atoms with van der Waals surface area (Å²) in [5.74, 6) is 0. The Balaban J connectivity index is 1.99. The van der Waals surface area contributed by atoms with Crippen LogP contribution in [-0.4, -0.2) is 24.3 Å². The number of hydrogen-bond donors (Lipinski definition) is 0. The molecule has 0 saturated heterocycles. The summed E-state index contributed by atoms with van der Waals surface area (Å²) in [5, 5.41) is 0.787. The summed E-state index contributed by atoms with van der Waals surface area (Å²) in [4.78, 5) is 6.28. The number of halogens is 1. The smallest absolute Gasteiger partial charge is 0.159 e. The van der Waals surface area contributed by atoms with E-state index >= 15 is 0 Å². The summed E-state index contributed by atoms with van der Waals surface area (Å²) in [5.41, 5.74) is 2.29. The highest BCUT2D eigenvalue weighted by molar-refractivity contribution is 6.31. The molecule has 0 N–H and O–H groups in total. The van der Waals surface area contributed by atoms with Gasteiger partial charge < -0.3 is 9.64 Å². The molecule has 78 valence electrons. The Hall–Kier alpha value is -1.06. The largest absolute Gasteiger partial charge is 0.349 e. The van der Waals surface area contributed by atoms with Gasteiger partial charge in [-0.3, -0.25) is 4.99 Å². The lowest BCUT2D eigenvalue weighted by Crippen LogP contribution is -2.25. The molecule has 2 aliphatic rings. The molecule has 1 atom stereocenters. The number of benzene rings is 1. The molecule has 3 rings (SSSR count). The molecule has 0 aromatic heterocycles. The summed E-state index contributed by atoms with van der Waals surface area (Å²) < 4.78 is 5.74. The van der Waals surface area contributed by atoms with Gasteiger partial charge in [-0.05, 0) is 11.6 Å². The number of ether oxygens (including phenoxy) is 1. The maximum atomic E-state index is 6.19. The van der Waals surface area contributed by atoms with Crippen LogP contribution in [0, 0.1) is 0 Å². The van der Waals surface area contributed by atoms with E-state index in [1.54, 1.807) is 0 Å². The van der Waals surface area contributed by atoms with E-state index in [2.05, 4.69) is 16.0 Å². The molecule has 4 heteroatoms. The molecule has 0 fully saturated rings. The van der Waals surface area contributed by atoms with Gasteiger partial charge in [-0.1, -0.05) is 23.7 Å². The number of aliphatic imine (C=N–C) groups is 1. The number of fused-ring (bicyclic) bond motifs is 1. The van der Waals surface area contributed by atoms with Crippen molar-refractivity contribution in [2.75, 3.05) is 13.1 Å². The van der Waals surface area contributed by atoms with Crippen LogP contribution >= 0.6 is 11.6 Å². The van der Waals surface area contributed by atoms with Crippen molar-refractivity contribution in [1.29, 1.82) is 0 Å². The Morgan fingerprint density at radius 1 is 1.47 bits per heavy atom. The fourth-order valence-corrected chi connectivity index (χ4v) is 2.36. The first kappa shape index (κ1) is 9.19. The molecule has 1 aromatic carbocycles. The zero-order chi connectivity index (χ0) is 10.3. The number of rotatable bonds is 1. The van der Waals surface area contributed by atoms with E-state index in [1.807, 2.05) is 18.5 Å². The van der Waals surface area contributed by atoms with E-state index in [1.165, 1.54) is 5.56 Å². The second kappa shape index (κ2) is 3.51. The summed E-state index contributed by atoms with van der Waals surface area (Å²) in [6, 6.07) is 5.94. The highest BCUT2D eigenvalue weighted by Gasteiger charge is 2.30. The number of hydrogen-bond acceptors (Lipinski definition) is 3. The van der Waals surface area contributed by atoms with Crippen LogP contribution in [0.5, 0.6) is 0 Å². The minimum absolute atomic E-state index is 0.0417. The molecule has 0 saturated carbocycles. The second-order valence-corrected chi connectivity index (χ2v) is 4.14. The average molecular weight is 223 g/mol. The molecule has 1 aromatic rings. The van der Waals surface area contributed by atoms with Crippen LogP contribution in [0.1, 0.15) is 17.4 Å². The van der Waals surface area contributed by atoms with Crippen LogP contribution in [0.2, 0.25) is 5.02 Å². The van der Waals surface area contributed by atoms with Gasteiger partial charge in [-0.2, -0.15) is 0 Å². The van der Waals surface area contributed by atoms with Crippen LogP contribution in [0.15, 0.2) is 23.2 Å². The SMILES string of the molecule is Clc1cccc2c1C(N1C=NCC1)OC2. The Bertz CT molecular complexity index is 419. The molecule has 2 aliphatic heterocycles. The molecular formula is C11H11ClN2O. The highest BCUT2D eigenvalue weighted by Crippen LogP contribution is 2.37. The fraction of sp³-hybridized carbons (Fsp3) is 0.364. The van der Waals surface area contributed by atoms with Gasteiger partial charge in [-0.25, -0.2) is 0 Å². The lowest BCUT2D eigenvalue weighted by molar-refractivity contribution is -0.0100. The van der Waals surface area contributed by atoms with Crippen LogP contribution in [-0.2, 0) is 11.3 Å². The minimum atomic E-state index is -0.0417. The van der Waals surface area contributed by atoms with Crippen LogP contribution < -0.4 is 0 Å². The molecule has 0 bridgehead atoms. The van der Waals surface area contributed by atoms with Crippen molar-refractivity contribution < 1.29 is 4.74 Å². The molecule has 15 heavy (non-hydrogen) atoms. The molecule has 0 spiro atoms. The normalized spacial score (nSPS) is 23.5. The summed E-state index contributed by atoms with van der Waals surface area (Å²) >= 11 is 6.19. The van der Waals surface area contributed by atoms with Crippen molar-refractivity contribution in [2.24, 2.45) is 4.99 Å². The Morgan fingerprint density at radius 2 is 2.40 bits per heavy atom. The molecule has 0 radical (unpaired) electrons. The number of nitrogens with zero attached hydrogens (tertiary/aromatic N) is 2. The predicted octanol–water partition coefficient (Wildman–Crippen LogP) is 2.21. The Labute approximate surface area is 93.3 Å². The zero-order valence-corrected chi connectivity index (χ0v) is 8.94. The van der Waals surface area contributed by atoms with Crippen molar-refractivity contribution in [3.05, 3.63) is 34.3 Å². The van der Waals surface area contributed by atoms with Gasteiger partial charge in [0, 0.05) is 17.1 Å². The third kappa shape index (κ3) is 1.43. The second-order valence-electron chi connectivity index (χ2n) is 3.74. The quantitative estimate of drug-likeness (QED) is 0.728. The summed E-state index contributed by atoms with van der Waals surface area (Å²) in [6.07, 6.45) is 1.81. The van der Waals surface area contributed by atoms with Crippen molar-refractivity contribution in [3.8, 4) is 0 Å². The van der Waals surface area contributed by atoms with Gasteiger partial charge >= 0.3 is 0 Å². The lowest BCUT2D eigenvalue weighted by Gasteiger charge is -2.22. The Morgan fingerprint density at radius 3 is 3.20 bits per heavy atom. The maximum Gasteiger partial charge on any atom is 0.159 e. The van der Waals surface area contributed by atoms with E-state index in [4.69, 9.17) is 16.3 Å². The van der Waals surface area contributed by atoms with Crippen molar-refractivity contribution in [2.45, 2.75) is 12.8 Å². The van der Waals surface area contributed by atoms with Gasteiger partial charge in [0.1, 0.15) is 0 Å². The monoisotopic (exact) mass is 222 g/mol. The molecule has 2 heterocycles. The topological polar surface area (TPSA) is 24.8 Å². The highest BCUT2D eigenvalue weighted by atomic mass is 35.5. The van der Waals surface area contributed by atoms with E-state index in [0.717, 1.165) is 23.7 Å². The zero-order valence-electron chi connectivity index (χ0n) is 8.19. The van der Waals surface area contributed by atoms with Gasteiger partial charge in [0.25, 0.3) is 0 Å². The predicted molar refractivity (Wildman–Crippen MR) is 59.0 cm³/mol. The summed E-state index contributed by atoms with van der Waals surface area (Å²) in [6.45, 7) is 2.40. The van der Waals surface area contributed by atoms with Crippen molar-refractivity contribution >= 4 is 17.9 Å². The fourth-order valence-electron chi connectivity index (χ4n) is 2.07. The standard InChI is InChI=1S/C11H11ClN2O/c12-9-3-1-2-8-6-15-11(10(8)9)14-5-4-13-7-14/h1-3,7,11H,4-6H2. The van der Waals surface area contributed by atoms with Gasteiger partial charge in [0.15, 0.2) is 6.23 Å². The Kier molecular flexibility index (Phi) is 2.15. The first-order valence-corrected chi connectivity index (χ1v) is 5.38. The molecule has 0 aliphatic carbocycles. The van der Waals surface area contributed by atoms with Crippen molar-refractivity contribution in [3.63, 3.8) is 0 Å². The first-order valence-electron chi connectivity index (χ1n) is 5.01. The van der Waals surface area contributed by atoms with Gasteiger partial charge in [0.05, 0.1) is 19.5 Å². The lowest BCUT2D eigenvalue weighted by atomic mass is 10.1. The van der Waals surface area contributed by atoms with E-state index in [-0.39, 0.29) is 6.23 Å². The van der Waals surface area contributed by atoms with Crippen LogP contribution in [0.3, 0.4) is 0 Å². The van der Waals surface area contributed by atoms with E-state index in [0.29, 0.717) is 6.61 Å². The molecular weight excluding hydrogens is 212 g/mol. The third-order valence-corrected chi connectivity index (χ3v) is 3.13. The van der Waals surface area contributed by atoms with Gasteiger partial charge in [-0.15, -0.1) is 0 Å². The molecule has 0 amide bonds. The van der Waals surface area contributed by atoms with Crippen LogP contribution in [0.25, 0.3) is 0 Å². The van der Waals surface area contributed by atoms with E-state index in [9.17, 15) is 0 Å². The van der Waals surface area contributed by atoms with Gasteiger partial charge in [0.2, 0.25) is 0 Å². The first-order chi connectivity index (χ1) is 7.36. The van der Waals surface area contributed by atoms with Crippen LogP contribution in [0.4, 0.5) is 0 Å². The maximum absolute atomic E-state index is 6.19. The third-order valence-electron chi connectivity index (χ3n) is 2.81.